The van der Waals surface area contributed by atoms with Crippen LogP contribution in [0.2, 0.25) is 0 Å². The summed E-state index contributed by atoms with van der Waals surface area (Å²) in [5.41, 5.74) is -3.02. The number of aromatic amines is 1. The molecule has 0 radical (unpaired) electrons. The van der Waals surface area contributed by atoms with Crippen molar-refractivity contribution in [1.82, 2.24) is 9.55 Å². The molecule has 140 valence electrons. The second-order valence-corrected chi connectivity index (χ2v) is 6.07. The van der Waals surface area contributed by atoms with Crippen molar-refractivity contribution in [3.63, 3.8) is 0 Å². The number of carboxylic acids is 1. The van der Waals surface area contributed by atoms with Gasteiger partial charge in [-0.25, -0.2) is 14.2 Å². The average Bonchev–Trinajstić information content (AvgIpc) is 2.71. The van der Waals surface area contributed by atoms with Crippen LogP contribution in [0.4, 0.5) is 0 Å². The molecule has 1 aromatic rings. The van der Waals surface area contributed by atoms with Crippen LogP contribution in [0.1, 0.15) is 21.0 Å². The molecule has 6 N–H and O–H groups in total. The molecule has 1 saturated heterocycles. The van der Waals surface area contributed by atoms with Crippen LogP contribution in [-0.2, 0) is 13.8 Å². The molecule has 4 atom stereocenters. The van der Waals surface area contributed by atoms with Crippen LogP contribution in [-0.4, -0.2) is 65.5 Å². The maximum atomic E-state index is 11.8. The van der Waals surface area contributed by atoms with Crippen molar-refractivity contribution in [3.8, 4) is 0 Å². The maximum Gasteiger partial charge on any atom is 1.00 e. The molecule has 0 unspecified atom stereocenters. The molecule has 0 aliphatic carbocycles. The second kappa shape index (κ2) is 12.1. The van der Waals surface area contributed by atoms with E-state index < -0.39 is 61.9 Å². The molecule has 1 aromatic heterocycles. The molecule has 2 rings (SSSR count). The van der Waals surface area contributed by atoms with Gasteiger partial charge in [0.2, 0.25) is 0 Å². The number of phosphoric acid groups is 1. The van der Waals surface area contributed by atoms with E-state index in [1.54, 1.807) is 4.98 Å². The molecule has 1 aliphatic heterocycles. The van der Waals surface area contributed by atoms with E-state index in [1.165, 1.54) is 0 Å². The molecule has 2 heterocycles. The molecular weight excluding hydrogens is 424 g/mol. The predicted octanol–water partition coefficient (Wildman–Crippen LogP) is -11.7. The first-order valence-corrected chi connectivity index (χ1v) is 7.85. The summed E-state index contributed by atoms with van der Waals surface area (Å²) in [5.74, 6) is -1.67. The molecule has 1 fully saturated rings. The number of ether oxygens (including phenoxy) is 1. The van der Waals surface area contributed by atoms with Crippen molar-refractivity contribution < 1.29 is 137 Å². The molecule has 27 heavy (non-hydrogen) atoms. The van der Waals surface area contributed by atoms with Crippen LogP contribution in [0.5, 0.6) is 0 Å². The topological polar surface area (TPSA) is 209 Å². The molecule has 0 spiro atoms. The number of aliphatic hydroxyl groups is 2. The number of hydrogen-bond acceptors (Lipinski definition) is 8. The van der Waals surface area contributed by atoms with E-state index in [9.17, 15) is 29.2 Å². The van der Waals surface area contributed by atoms with E-state index in [2.05, 4.69) is 4.52 Å². The van der Waals surface area contributed by atoms with Crippen LogP contribution >= 0.6 is 7.82 Å². The third-order valence-electron chi connectivity index (χ3n) is 3.19. The van der Waals surface area contributed by atoms with Gasteiger partial charge in [0.05, 0.1) is 6.61 Å². The summed E-state index contributed by atoms with van der Waals surface area (Å²) in [4.78, 5) is 53.2. The zero-order valence-electron chi connectivity index (χ0n) is 17.7. The Morgan fingerprint density at radius 1 is 1.26 bits per heavy atom. The molecule has 0 aromatic carbocycles. The number of aromatic nitrogens is 2. The minimum Gasteiger partial charge on any atom is -1.00 e. The van der Waals surface area contributed by atoms with Gasteiger partial charge in [-0.1, -0.05) is 0 Å². The average molecular weight is 440 g/mol. The van der Waals surface area contributed by atoms with Gasteiger partial charge >= 0.3 is 108 Å². The third kappa shape index (κ3) is 7.72. The summed E-state index contributed by atoms with van der Waals surface area (Å²) in [6.07, 6.45) is -6.74. The number of rotatable bonds is 5. The number of phosphoric ester groups is 1. The standard InChI is InChI=1S/C10H13N2O11P.3Na.3H/c13-5-1-3(9(16)17)12(10(18)11-5)8-7(15)6(14)4(23-8)2-22-24(19,20)21;;;;;;/h1,4,6-8,14-15H,2H2,(H,16,17)(H,11,13,18)(H2,19,20,21);;;;;;/q;3*+1;3*-1/t4-,6-,7-,8-;;;;;;/m1....../s1. The Bertz CT molecular complexity index is 822. The van der Waals surface area contributed by atoms with E-state index in [0.717, 1.165) is 0 Å². The van der Waals surface area contributed by atoms with Crippen LogP contribution in [0.15, 0.2) is 15.7 Å². The van der Waals surface area contributed by atoms with E-state index in [-0.39, 0.29) is 93.0 Å². The number of aromatic carboxylic acids is 1. The summed E-state index contributed by atoms with van der Waals surface area (Å²) >= 11 is 0. The van der Waals surface area contributed by atoms with Crippen LogP contribution in [0.25, 0.3) is 0 Å². The number of nitrogens with one attached hydrogen (secondary N) is 1. The van der Waals surface area contributed by atoms with E-state index in [1.807, 2.05) is 0 Å². The van der Waals surface area contributed by atoms with Crippen molar-refractivity contribution in [2.24, 2.45) is 0 Å². The van der Waals surface area contributed by atoms with E-state index in [0.29, 0.717) is 10.6 Å². The Kier molecular flexibility index (Phi) is 13.6. The van der Waals surface area contributed by atoms with Gasteiger partial charge in [-0.05, 0) is 0 Å². The molecule has 17 heteroatoms. The number of carbonyl (C=O) groups is 1. The van der Waals surface area contributed by atoms with Gasteiger partial charge in [0, 0.05) is 6.07 Å². The third-order valence-corrected chi connectivity index (χ3v) is 3.68. The largest absolute Gasteiger partial charge is 1.00 e. The van der Waals surface area contributed by atoms with E-state index >= 15 is 0 Å². The van der Waals surface area contributed by atoms with Crippen LogP contribution in [0, 0.1) is 0 Å². The van der Waals surface area contributed by atoms with Gasteiger partial charge in [-0.3, -0.25) is 18.9 Å². The van der Waals surface area contributed by atoms with Crippen molar-refractivity contribution in [2.75, 3.05) is 6.61 Å². The molecule has 0 amide bonds. The fourth-order valence-electron chi connectivity index (χ4n) is 2.17. The van der Waals surface area contributed by atoms with Gasteiger partial charge in [0.25, 0.3) is 5.56 Å². The van der Waals surface area contributed by atoms with Crippen molar-refractivity contribution in [1.29, 1.82) is 0 Å². The minimum absolute atomic E-state index is 0. The first kappa shape index (κ1) is 30.3. The first-order chi connectivity index (χ1) is 11.0. The van der Waals surface area contributed by atoms with Gasteiger partial charge in [0.1, 0.15) is 24.0 Å². The van der Waals surface area contributed by atoms with Gasteiger partial charge in [-0.15, -0.1) is 0 Å². The van der Waals surface area contributed by atoms with Crippen molar-refractivity contribution >= 4 is 13.8 Å². The van der Waals surface area contributed by atoms with Crippen molar-refractivity contribution in [3.05, 3.63) is 32.6 Å². The fourth-order valence-corrected chi connectivity index (χ4v) is 2.51. The van der Waals surface area contributed by atoms with Gasteiger partial charge in [0.15, 0.2) is 6.23 Å². The molecule has 0 saturated carbocycles. The number of hydrogen-bond donors (Lipinski definition) is 6. The smallest absolute Gasteiger partial charge is 1.00 e. The zero-order valence-corrected chi connectivity index (χ0v) is 21.6. The van der Waals surface area contributed by atoms with Gasteiger partial charge in [-0.2, -0.15) is 0 Å². The number of aliphatic hydroxyl groups excluding tert-OH is 2. The van der Waals surface area contributed by atoms with Crippen LogP contribution in [0.3, 0.4) is 0 Å². The SMILES string of the molecule is O=C(O)c1cc(=O)[nH]c(=O)n1[C@@H]1O[C@H](COP(=O)(O)O)[C@@H](O)[C@H]1O.[H-].[H-].[H-].[Na+].[Na+].[Na+]. The summed E-state index contributed by atoms with van der Waals surface area (Å²) in [7, 11) is -4.88. The quantitative estimate of drug-likeness (QED) is 0.187. The Hall–Kier alpha value is 1.14. The number of carboxylic acid groups (broad SMARTS) is 1. The monoisotopic (exact) mass is 440 g/mol. The summed E-state index contributed by atoms with van der Waals surface area (Å²) in [5, 5.41) is 28.8. The molecule has 13 nitrogen and oxygen atoms in total. The zero-order chi connectivity index (χ0) is 18.2. The Morgan fingerprint density at radius 3 is 2.30 bits per heavy atom. The maximum absolute atomic E-state index is 11.8. The summed E-state index contributed by atoms with van der Waals surface area (Å²) < 4.78 is 20.3. The predicted molar refractivity (Wildman–Crippen MR) is 75.5 cm³/mol. The Balaban J connectivity index is -0.000000347. The molecule has 1 aliphatic rings. The second-order valence-electron chi connectivity index (χ2n) is 4.83. The Morgan fingerprint density at radius 2 is 1.81 bits per heavy atom. The minimum atomic E-state index is -4.88. The molecular formula is C10H16N2Na3O11P. The summed E-state index contributed by atoms with van der Waals surface area (Å²) in [6, 6.07) is 0.575. The molecule has 0 bridgehead atoms. The fraction of sp³-hybridized carbons (Fsp3) is 0.500. The van der Waals surface area contributed by atoms with Gasteiger partial charge < -0.3 is 34.1 Å². The van der Waals surface area contributed by atoms with Crippen LogP contribution < -0.4 is 99.9 Å². The summed E-state index contributed by atoms with van der Waals surface area (Å²) in [6.45, 7) is -0.834. The normalized spacial score (nSPS) is 24.3. The van der Waals surface area contributed by atoms with Crippen molar-refractivity contribution in [2.45, 2.75) is 24.5 Å². The first-order valence-electron chi connectivity index (χ1n) is 6.32. The Labute approximate surface area is 221 Å². The van der Waals surface area contributed by atoms with E-state index in [4.69, 9.17) is 19.6 Å². The number of H-pyrrole nitrogens is 1. The number of nitrogens with zero attached hydrogens (tertiary/aromatic N) is 1.